The molecule has 1 saturated heterocycles. The lowest BCUT2D eigenvalue weighted by Crippen LogP contribution is -2.30. The number of nitrogens with one attached hydrogen (secondary N) is 1. The summed E-state index contributed by atoms with van der Waals surface area (Å²) in [6, 6.07) is 0. The molecule has 1 aliphatic heterocycles. The van der Waals surface area contributed by atoms with Crippen LogP contribution in [0, 0.1) is 5.92 Å². The van der Waals surface area contributed by atoms with Crippen LogP contribution in [0.4, 0.5) is 13.2 Å². The van der Waals surface area contributed by atoms with Crippen molar-refractivity contribution < 1.29 is 22.6 Å². The molecule has 0 bridgehead atoms. The molecule has 0 aromatic carbocycles. The molecule has 1 heterocycles. The van der Waals surface area contributed by atoms with Crippen molar-refractivity contribution in [2.24, 2.45) is 5.92 Å². The summed E-state index contributed by atoms with van der Waals surface area (Å²) in [6.45, 7) is 0.886. The highest BCUT2D eigenvalue weighted by atomic mass is 19.4. The first kappa shape index (κ1) is 12.7. The molecule has 3 nitrogen and oxygen atoms in total. The second kappa shape index (κ2) is 6.30. The fourth-order valence-corrected chi connectivity index (χ4v) is 1.48. The van der Waals surface area contributed by atoms with E-state index in [1.807, 2.05) is 0 Å². The summed E-state index contributed by atoms with van der Waals surface area (Å²) in [7, 11) is 0. The molecule has 1 aliphatic rings. The highest BCUT2D eigenvalue weighted by Gasteiger charge is 2.27. The lowest BCUT2D eigenvalue weighted by Gasteiger charge is -2.22. The van der Waals surface area contributed by atoms with Crippen LogP contribution < -0.4 is 5.32 Å². The molecule has 0 spiro atoms. The van der Waals surface area contributed by atoms with Crippen molar-refractivity contribution in [2.45, 2.75) is 19.0 Å². The summed E-state index contributed by atoms with van der Waals surface area (Å²) in [5, 5.41) is 3.20. The van der Waals surface area contributed by atoms with Gasteiger partial charge in [0.15, 0.2) is 0 Å². The lowest BCUT2D eigenvalue weighted by molar-refractivity contribution is -0.198. The molecule has 0 radical (unpaired) electrons. The summed E-state index contributed by atoms with van der Waals surface area (Å²) in [5.41, 5.74) is 0. The summed E-state index contributed by atoms with van der Waals surface area (Å²) >= 11 is 0. The molecule has 0 aromatic heterocycles. The van der Waals surface area contributed by atoms with Crippen molar-refractivity contribution in [1.82, 2.24) is 5.32 Å². The minimum absolute atomic E-state index is 0.274. The van der Waals surface area contributed by atoms with Crippen LogP contribution in [-0.4, -0.2) is 39.3 Å². The van der Waals surface area contributed by atoms with Crippen LogP contribution >= 0.6 is 0 Å². The number of hydrogen-bond donors (Lipinski definition) is 1. The van der Waals surface area contributed by atoms with Gasteiger partial charge in [-0.1, -0.05) is 0 Å². The van der Waals surface area contributed by atoms with Gasteiger partial charge in [0, 0.05) is 0 Å². The zero-order valence-corrected chi connectivity index (χ0v) is 8.48. The molecule has 90 valence electrons. The number of hydrogen-bond acceptors (Lipinski definition) is 3. The predicted octanol–water partition coefficient (Wildman–Crippen LogP) is 1.54. The van der Waals surface area contributed by atoms with Crippen LogP contribution in [0.15, 0.2) is 0 Å². The van der Waals surface area contributed by atoms with Gasteiger partial charge in [-0.3, -0.25) is 0 Å². The van der Waals surface area contributed by atoms with E-state index in [1.165, 1.54) is 0 Å². The second-order valence-corrected chi connectivity index (χ2v) is 3.65. The molecule has 0 atom stereocenters. The summed E-state index contributed by atoms with van der Waals surface area (Å²) < 4.78 is 44.3. The summed E-state index contributed by atoms with van der Waals surface area (Å²) in [5.74, 6) is 0.445. The van der Waals surface area contributed by atoms with Crippen molar-refractivity contribution in [1.29, 1.82) is 0 Å². The monoisotopic (exact) mass is 227 g/mol. The molecule has 15 heavy (non-hydrogen) atoms. The Labute approximate surface area is 86.9 Å². The van der Waals surface area contributed by atoms with E-state index in [0.717, 1.165) is 25.9 Å². The molecular formula is C9H16F3NO2. The Bertz CT molecular complexity index is 169. The van der Waals surface area contributed by atoms with E-state index in [2.05, 4.69) is 10.1 Å². The van der Waals surface area contributed by atoms with Crippen molar-refractivity contribution in [3.63, 3.8) is 0 Å². The van der Waals surface area contributed by atoms with Crippen molar-refractivity contribution in [2.75, 3.05) is 33.1 Å². The van der Waals surface area contributed by atoms with E-state index in [0.29, 0.717) is 12.5 Å². The quantitative estimate of drug-likeness (QED) is 0.571. The summed E-state index contributed by atoms with van der Waals surface area (Å²) in [4.78, 5) is 0. The van der Waals surface area contributed by atoms with Gasteiger partial charge in [0.05, 0.1) is 6.61 Å². The Balaban J connectivity index is 1.92. The van der Waals surface area contributed by atoms with E-state index >= 15 is 0 Å². The van der Waals surface area contributed by atoms with Crippen LogP contribution in [0.5, 0.6) is 0 Å². The van der Waals surface area contributed by atoms with Gasteiger partial charge in [-0.2, -0.15) is 13.2 Å². The Morgan fingerprint density at radius 2 is 1.80 bits per heavy atom. The number of rotatable bonds is 5. The largest absolute Gasteiger partial charge is 0.411 e. The first-order chi connectivity index (χ1) is 7.08. The fraction of sp³-hybridized carbons (Fsp3) is 1.00. The SMILES string of the molecule is FC(F)(F)COCOCC1CCNCC1. The summed E-state index contributed by atoms with van der Waals surface area (Å²) in [6.07, 6.45) is -2.24. The van der Waals surface area contributed by atoms with E-state index in [-0.39, 0.29) is 6.79 Å². The normalized spacial score (nSPS) is 19.4. The minimum Gasteiger partial charge on any atom is -0.355 e. The molecular weight excluding hydrogens is 211 g/mol. The van der Waals surface area contributed by atoms with Gasteiger partial charge in [-0.15, -0.1) is 0 Å². The molecule has 1 rings (SSSR count). The van der Waals surface area contributed by atoms with Crippen LogP contribution in [0.1, 0.15) is 12.8 Å². The Hall–Kier alpha value is -0.330. The topological polar surface area (TPSA) is 30.5 Å². The molecule has 0 aromatic rings. The van der Waals surface area contributed by atoms with Crippen LogP contribution in [0.25, 0.3) is 0 Å². The number of alkyl halides is 3. The molecule has 0 unspecified atom stereocenters. The Kier molecular flexibility index (Phi) is 5.35. The van der Waals surface area contributed by atoms with Crippen molar-refractivity contribution >= 4 is 0 Å². The second-order valence-electron chi connectivity index (χ2n) is 3.65. The molecule has 0 amide bonds. The fourth-order valence-electron chi connectivity index (χ4n) is 1.48. The maximum Gasteiger partial charge on any atom is 0.411 e. The lowest BCUT2D eigenvalue weighted by atomic mass is 9.99. The van der Waals surface area contributed by atoms with Crippen LogP contribution in [-0.2, 0) is 9.47 Å². The molecule has 6 heteroatoms. The third-order valence-corrected chi connectivity index (χ3v) is 2.24. The van der Waals surface area contributed by atoms with Gasteiger partial charge < -0.3 is 14.8 Å². The van der Waals surface area contributed by atoms with Crippen molar-refractivity contribution in [3.05, 3.63) is 0 Å². The third kappa shape index (κ3) is 6.70. The average molecular weight is 227 g/mol. The number of ether oxygens (including phenoxy) is 2. The van der Waals surface area contributed by atoms with E-state index in [4.69, 9.17) is 4.74 Å². The molecule has 1 fully saturated rings. The number of piperidine rings is 1. The molecule has 0 saturated carbocycles. The smallest absolute Gasteiger partial charge is 0.355 e. The molecule has 1 N–H and O–H groups in total. The van der Waals surface area contributed by atoms with Crippen LogP contribution in [0.2, 0.25) is 0 Å². The van der Waals surface area contributed by atoms with Gasteiger partial charge >= 0.3 is 6.18 Å². The Morgan fingerprint density at radius 1 is 1.13 bits per heavy atom. The Morgan fingerprint density at radius 3 is 2.40 bits per heavy atom. The highest BCUT2D eigenvalue weighted by molar-refractivity contribution is 4.67. The predicted molar refractivity (Wildman–Crippen MR) is 48.4 cm³/mol. The highest BCUT2D eigenvalue weighted by Crippen LogP contribution is 2.15. The minimum atomic E-state index is -4.27. The van der Waals surface area contributed by atoms with Crippen LogP contribution in [0.3, 0.4) is 0 Å². The van der Waals surface area contributed by atoms with Gasteiger partial charge in [0.2, 0.25) is 0 Å². The van der Waals surface area contributed by atoms with Crippen molar-refractivity contribution in [3.8, 4) is 0 Å². The zero-order valence-electron chi connectivity index (χ0n) is 8.48. The molecule has 0 aliphatic carbocycles. The standard InChI is InChI=1S/C9H16F3NO2/c10-9(11,12)6-15-7-14-5-8-1-3-13-4-2-8/h8,13H,1-7H2. The average Bonchev–Trinajstić information content (AvgIpc) is 2.17. The van der Waals surface area contributed by atoms with E-state index < -0.39 is 12.8 Å². The first-order valence-corrected chi connectivity index (χ1v) is 5.01. The van der Waals surface area contributed by atoms with Gasteiger partial charge in [0.25, 0.3) is 0 Å². The van der Waals surface area contributed by atoms with Gasteiger partial charge in [0.1, 0.15) is 13.4 Å². The zero-order chi connectivity index (χ0) is 11.1. The number of halogens is 3. The van der Waals surface area contributed by atoms with Gasteiger partial charge in [-0.25, -0.2) is 0 Å². The van der Waals surface area contributed by atoms with E-state index in [1.54, 1.807) is 0 Å². The third-order valence-electron chi connectivity index (χ3n) is 2.24. The van der Waals surface area contributed by atoms with Gasteiger partial charge in [-0.05, 0) is 31.8 Å². The first-order valence-electron chi connectivity index (χ1n) is 5.01. The van der Waals surface area contributed by atoms with E-state index in [9.17, 15) is 13.2 Å². The maximum atomic E-state index is 11.6. The maximum absolute atomic E-state index is 11.6.